The number of carbonyl (C=O) groups is 1. The fourth-order valence-corrected chi connectivity index (χ4v) is 2.20. The quantitative estimate of drug-likeness (QED) is 0.893. The second-order valence-corrected chi connectivity index (χ2v) is 4.15. The van der Waals surface area contributed by atoms with E-state index in [4.69, 9.17) is 4.74 Å². The van der Waals surface area contributed by atoms with Gasteiger partial charge in [-0.15, -0.1) is 0 Å². The van der Waals surface area contributed by atoms with Crippen molar-refractivity contribution in [3.63, 3.8) is 0 Å². The molecule has 0 saturated carbocycles. The van der Waals surface area contributed by atoms with Crippen LogP contribution in [0, 0.1) is 0 Å². The molecule has 4 heteroatoms. The van der Waals surface area contributed by atoms with Crippen molar-refractivity contribution in [1.29, 1.82) is 0 Å². The van der Waals surface area contributed by atoms with Crippen LogP contribution >= 0.6 is 0 Å². The number of pyridine rings is 1. The van der Waals surface area contributed by atoms with Gasteiger partial charge in [-0.3, -0.25) is 4.98 Å². The largest absolute Gasteiger partial charge is 0.488 e. The average molecular weight is 253 g/mol. The molecular weight excluding hydrogens is 242 g/mol. The van der Waals surface area contributed by atoms with Crippen LogP contribution in [0.4, 0.5) is 0 Å². The van der Waals surface area contributed by atoms with E-state index in [-0.39, 0.29) is 5.56 Å². The number of aromatic nitrogens is 1. The van der Waals surface area contributed by atoms with E-state index >= 15 is 0 Å². The smallest absolute Gasteiger partial charge is 0.339 e. The summed E-state index contributed by atoms with van der Waals surface area (Å²) < 4.78 is 5.49. The van der Waals surface area contributed by atoms with Gasteiger partial charge in [-0.25, -0.2) is 4.79 Å². The van der Waals surface area contributed by atoms with Crippen LogP contribution in [0.15, 0.2) is 48.8 Å². The molecule has 19 heavy (non-hydrogen) atoms. The second-order valence-electron chi connectivity index (χ2n) is 4.15. The van der Waals surface area contributed by atoms with E-state index in [0.717, 1.165) is 16.7 Å². The third-order valence-electron chi connectivity index (χ3n) is 3.04. The zero-order valence-corrected chi connectivity index (χ0v) is 10.0. The highest BCUT2D eigenvalue weighted by molar-refractivity contribution is 5.95. The van der Waals surface area contributed by atoms with Crippen molar-refractivity contribution in [2.45, 2.75) is 0 Å². The van der Waals surface area contributed by atoms with Crippen molar-refractivity contribution in [2.75, 3.05) is 6.61 Å². The van der Waals surface area contributed by atoms with Crippen molar-refractivity contribution in [3.05, 3.63) is 65.5 Å². The molecule has 1 aromatic carbocycles. The Morgan fingerprint density at radius 2 is 2.00 bits per heavy atom. The van der Waals surface area contributed by atoms with Crippen LogP contribution in [-0.4, -0.2) is 22.7 Å². The van der Waals surface area contributed by atoms with E-state index in [1.807, 2.05) is 24.3 Å². The van der Waals surface area contributed by atoms with Crippen LogP contribution in [0.25, 0.3) is 5.57 Å². The number of hydrogen-bond donors (Lipinski definition) is 1. The number of carboxylic acid groups (broad SMARTS) is 1. The highest BCUT2D eigenvalue weighted by atomic mass is 16.5. The lowest BCUT2D eigenvalue weighted by atomic mass is 9.94. The van der Waals surface area contributed by atoms with Crippen molar-refractivity contribution < 1.29 is 14.6 Å². The lowest BCUT2D eigenvalue weighted by Crippen LogP contribution is -2.10. The molecular formula is C15H11NO3. The molecule has 1 aliphatic rings. The number of fused-ring (bicyclic) bond motifs is 1. The third kappa shape index (κ3) is 1.97. The molecule has 0 unspecified atom stereocenters. The number of rotatable bonds is 2. The number of ether oxygens (including phenoxy) is 1. The topological polar surface area (TPSA) is 59.4 Å². The number of hydrogen-bond acceptors (Lipinski definition) is 3. The molecule has 0 fully saturated rings. The molecule has 0 atom stereocenters. The van der Waals surface area contributed by atoms with Gasteiger partial charge in [-0.2, -0.15) is 0 Å². The molecule has 4 nitrogen and oxygen atoms in total. The highest BCUT2D eigenvalue weighted by Crippen LogP contribution is 2.36. The Balaban J connectivity index is 2.16. The van der Waals surface area contributed by atoms with Crippen molar-refractivity contribution >= 4 is 11.5 Å². The average Bonchev–Trinajstić information content (AvgIpc) is 2.46. The van der Waals surface area contributed by atoms with Gasteiger partial charge in [-0.05, 0) is 35.4 Å². The lowest BCUT2D eigenvalue weighted by molar-refractivity contribution is 0.0692. The van der Waals surface area contributed by atoms with E-state index in [1.165, 1.54) is 0 Å². The van der Waals surface area contributed by atoms with Gasteiger partial charge in [0.15, 0.2) is 0 Å². The molecule has 0 bridgehead atoms. The maximum Gasteiger partial charge on any atom is 0.339 e. The minimum absolute atomic E-state index is 0.192. The highest BCUT2D eigenvalue weighted by Gasteiger charge is 2.21. The molecule has 0 amide bonds. The summed E-state index contributed by atoms with van der Waals surface area (Å²) in [6, 6.07) is 8.94. The van der Waals surface area contributed by atoms with Gasteiger partial charge >= 0.3 is 5.97 Å². The standard InChI is InChI=1S/C15H11NO3/c17-15(18)13-3-1-2-12-11(6-9-19-14(12)13)10-4-7-16-8-5-10/h1-8H,9H2,(H,17,18). The molecule has 2 aromatic rings. The number of aromatic carboxylic acids is 1. The van der Waals surface area contributed by atoms with E-state index in [9.17, 15) is 9.90 Å². The number of benzene rings is 1. The van der Waals surface area contributed by atoms with Gasteiger partial charge in [0, 0.05) is 18.0 Å². The number of carboxylic acids is 1. The van der Waals surface area contributed by atoms with Gasteiger partial charge in [0.2, 0.25) is 0 Å². The Morgan fingerprint density at radius 1 is 1.21 bits per heavy atom. The van der Waals surface area contributed by atoms with Crippen molar-refractivity contribution in [1.82, 2.24) is 4.98 Å². The van der Waals surface area contributed by atoms with Crippen LogP contribution in [-0.2, 0) is 0 Å². The van der Waals surface area contributed by atoms with Gasteiger partial charge in [0.1, 0.15) is 17.9 Å². The van der Waals surface area contributed by atoms with Crippen LogP contribution in [0.1, 0.15) is 21.5 Å². The first kappa shape index (κ1) is 11.5. The molecule has 3 rings (SSSR count). The molecule has 1 N–H and O–H groups in total. The zero-order chi connectivity index (χ0) is 13.2. The molecule has 0 saturated heterocycles. The monoisotopic (exact) mass is 253 g/mol. The van der Waals surface area contributed by atoms with Crippen LogP contribution in [0.3, 0.4) is 0 Å². The van der Waals surface area contributed by atoms with Gasteiger partial charge < -0.3 is 9.84 Å². The van der Waals surface area contributed by atoms with Gasteiger partial charge in [-0.1, -0.05) is 12.1 Å². The molecule has 0 aliphatic carbocycles. The summed E-state index contributed by atoms with van der Waals surface area (Å²) in [7, 11) is 0. The SMILES string of the molecule is O=C(O)c1cccc2c1OCC=C2c1ccncc1. The maximum absolute atomic E-state index is 11.2. The molecule has 0 radical (unpaired) electrons. The summed E-state index contributed by atoms with van der Waals surface area (Å²) in [4.78, 5) is 15.2. The minimum atomic E-state index is -0.979. The predicted octanol–water partition coefficient (Wildman–Crippen LogP) is 2.60. The number of para-hydroxylation sites is 1. The maximum atomic E-state index is 11.2. The summed E-state index contributed by atoms with van der Waals surface area (Å²) in [6.07, 6.45) is 5.38. The second kappa shape index (κ2) is 4.57. The van der Waals surface area contributed by atoms with Crippen LogP contribution in [0.5, 0.6) is 5.75 Å². The molecule has 1 aliphatic heterocycles. The van der Waals surface area contributed by atoms with Crippen molar-refractivity contribution in [3.8, 4) is 5.75 Å². The Hall–Kier alpha value is -2.62. The van der Waals surface area contributed by atoms with Gasteiger partial charge in [0.25, 0.3) is 0 Å². The summed E-state index contributed by atoms with van der Waals surface area (Å²) >= 11 is 0. The first-order valence-corrected chi connectivity index (χ1v) is 5.87. The summed E-state index contributed by atoms with van der Waals surface area (Å²) in [6.45, 7) is 0.370. The van der Waals surface area contributed by atoms with E-state index in [2.05, 4.69) is 4.98 Å². The normalized spacial score (nSPS) is 13.2. The number of nitrogens with zero attached hydrogens (tertiary/aromatic N) is 1. The van der Waals surface area contributed by atoms with Crippen LogP contribution in [0.2, 0.25) is 0 Å². The molecule has 2 heterocycles. The lowest BCUT2D eigenvalue weighted by Gasteiger charge is -2.20. The van der Waals surface area contributed by atoms with E-state index in [0.29, 0.717) is 12.4 Å². The predicted molar refractivity (Wildman–Crippen MR) is 70.2 cm³/mol. The summed E-state index contributed by atoms with van der Waals surface area (Å²) in [5.41, 5.74) is 2.98. The first-order valence-electron chi connectivity index (χ1n) is 5.87. The fourth-order valence-electron chi connectivity index (χ4n) is 2.20. The van der Waals surface area contributed by atoms with Crippen molar-refractivity contribution in [2.24, 2.45) is 0 Å². The first-order chi connectivity index (χ1) is 9.27. The Bertz CT molecular complexity index is 662. The van der Waals surface area contributed by atoms with Crippen LogP contribution < -0.4 is 4.74 Å². The molecule has 0 spiro atoms. The minimum Gasteiger partial charge on any atom is -0.488 e. The Morgan fingerprint density at radius 3 is 2.74 bits per heavy atom. The van der Waals surface area contributed by atoms with E-state index in [1.54, 1.807) is 24.5 Å². The fraction of sp³-hybridized carbons (Fsp3) is 0.0667. The molecule has 94 valence electrons. The molecule has 1 aromatic heterocycles. The third-order valence-corrected chi connectivity index (χ3v) is 3.04. The van der Waals surface area contributed by atoms with E-state index < -0.39 is 5.97 Å². The summed E-state index contributed by atoms with van der Waals surface area (Å²) in [5.74, 6) is -0.544. The Labute approximate surface area is 110 Å². The Kier molecular flexibility index (Phi) is 2.76. The summed E-state index contributed by atoms with van der Waals surface area (Å²) in [5, 5.41) is 9.19. The zero-order valence-electron chi connectivity index (χ0n) is 10.0. The van der Waals surface area contributed by atoms with Gasteiger partial charge in [0.05, 0.1) is 0 Å².